The number of nitrogens with zero attached hydrogens (tertiary/aromatic N) is 2. The van der Waals surface area contributed by atoms with Gasteiger partial charge >= 0.3 is 0 Å². The third-order valence-electron chi connectivity index (χ3n) is 8.78. The molecule has 0 spiro atoms. The topological polar surface area (TPSA) is 78.1 Å². The quantitative estimate of drug-likeness (QED) is 0.104. The summed E-state index contributed by atoms with van der Waals surface area (Å²) in [5.74, 6) is -7.36. The highest BCUT2D eigenvalue weighted by atomic mass is 32.1. The molecule has 47 heavy (non-hydrogen) atoms. The van der Waals surface area contributed by atoms with Crippen LogP contribution in [-0.2, 0) is 14.1 Å². The Morgan fingerprint density at radius 3 is 1.13 bits per heavy atom. The number of carbonyl (C=O) groups is 4. The molecule has 2 aromatic carbocycles. The zero-order valence-electron chi connectivity index (χ0n) is 23.9. The lowest BCUT2D eigenvalue weighted by Gasteiger charge is -1.99. The van der Waals surface area contributed by atoms with E-state index in [1.165, 1.54) is 34.8 Å². The molecule has 0 saturated carbocycles. The Bertz CT molecular complexity index is 2510. The number of hydrogen-bond donors (Lipinski definition) is 0. The molecule has 0 aliphatic heterocycles. The van der Waals surface area contributed by atoms with Crippen molar-refractivity contribution in [2.45, 2.75) is 0 Å². The number of fused-ring (bicyclic) bond motifs is 9. The van der Waals surface area contributed by atoms with Crippen molar-refractivity contribution in [1.29, 1.82) is 0 Å². The third-order valence-corrected chi connectivity index (χ3v) is 12.4. The van der Waals surface area contributed by atoms with Crippen molar-refractivity contribution < 1.29 is 36.7 Å². The van der Waals surface area contributed by atoms with E-state index in [4.69, 9.17) is 0 Å². The predicted molar refractivity (Wildman–Crippen MR) is 174 cm³/mol. The number of Topliss-reactive ketones (excluding diaryl/α,β-unsaturated/α-hetero) is 4. The summed E-state index contributed by atoms with van der Waals surface area (Å²) >= 11 is 4.35. The van der Waals surface area contributed by atoms with Crippen LogP contribution in [0.3, 0.4) is 0 Å². The van der Waals surface area contributed by atoms with Crippen LogP contribution in [0.1, 0.15) is 51.2 Å². The van der Waals surface area contributed by atoms with Gasteiger partial charge in [-0.1, -0.05) is 0 Å². The van der Waals surface area contributed by atoms with Gasteiger partial charge in [0.2, 0.25) is 0 Å². The summed E-state index contributed by atoms with van der Waals surface area (Å²) in [5, 5.41) is 0. The van der Waals surface area contributed by atoms with Crippen LogP contribution < -0.4 is 0 Å². The van der Waals surface area contributed by atoms with Gasteiger partial charge in [-0.2, -0.15) is 0 Å². The number of halogens is 4. The van der Waals surface area contributed by atoms with Crippen LogP contribution in [0.15, 0.2) is 47.5 Å². The molecule has 0 atom stereocenters. The number of aromatic nitrogens is 2. The van der Waals surface area contributed by atoms with Crippen LogP contribution in [-0.4, -0.2) is 32.3 Å². The standard InChI is InChI=1S/C34H14F4N2O4S3/c1-39-23-5-11(3-17-27(41)13-7-19(35)20(36)8-14(13)28(17)42)45-31(23)33-25(39)26-34(47-33)32-24(40(26)2)6-12(46-32)4-18-29(43)15-9-21(37)22(38)10-16(15)30(18)44/h3-10H,1-2H3. The summed E-state index contributed by atoms with van der Waals surface area (Å²) < 4.78 is 63.1. The highest BCUT2D eigenvalue weighted by Crippen LogP contribution is 2.49. The number of rotatable bonds is 2. The lowest BCUT2D eigenvalue weighted by molar-refractivity contribution is 0.0975. The van der Waals surface area contributed by atoms with Crippen LogP contribution in [0.4, 0.5) is 17.6 Å². The average molecular weight is 687 g/mol. The monoisotopic (exact) mass is 686 g/mol. The number of thiophene rings is 3. The Kier molecular flexibility index (Phi) is 5.60. The van der Waals surface area contributed by atoms with Crippen LogP contribution >= 0.6 is 34.0 Å². The van der Waals surface area contributed by atoms with Gasteiger partial charge in [0.1, 0.15) is 0 Å². The molecule has 0 bridgehead atoms. The Morgan fingerprint density at radius 1 is 0.489 bits per heavy atom. The summed E-state index contributed by atoms with van der Waals surface area (Å²) in [5.41, 5.74) is 2.83. The van der Waals surface area contributed by atoms with Crippen LogP contribution in [0.25, 0.3) is 53.0 Å². The zero-order chi connectivity index (χ0) is 32.8. The Labute approximate surface area is 272 Å². The fourth-order valence-corrected chi connectivity index (χ4v) is 10.4. The van der Waals surface area contributed by atoms with Crippen molar-refractivity contribution in [3.05, 3.63) is 103 Å². The molecule has 7 aromatic rings. The average Bonchev–Trinajstić information content (AvgIpc) is 3.88. The first-order valence-corrected chi connectivity index (χ1v) is 16.4. The van der Waals surface area contributed by atoms with Crippen LogP contribution in [0.5, 0.6) is 0 Å². The van der Waals surface area contributed by atoms with E-state index >= 15 is 0 Å². The number of aryl methyl sites for hydroxylation is 2. The fraction of sp³-hybridized carbons (Fsp3) is 0.0588. The Balaban J connectivity index is 1.13. The summed E-state index contributed by atoms with van der Waals surface area (Å²) in [6.07, 6.45) is 2.93. The number of ketones is 4. The van der Waals surface area contributed by atoms with E-state index in [0.29, 0.717) is 9.75 Å². The predicted octanol–water partition coefficient (Wildman–Crippen LogP) is 8.64. The van der Waals surface area contributed by atoms with E-state index in [9.17, 15) is 36.7 Å². The molecule has 0 radical (unpaired) electrons. The van der Waals surface area contributed by atoms with E-state index < -0.39 is 46.4 Å². The van der Waals surface area contributed by atoms with Gasteiger partial charge < -0.3 is 9.13 Å². The molecule has 0 saturated heterocycles. The van der Waals surface area contributed by atoms with Crippen molar-refractivity contribution in [3.8, 4) is 0 Å². The van der Waals surface area contributed by atoms with E-state index in [1.54, 1.807) is 11.3 Å². The van der Waals surface area contributed by atoms with Gasteiger partial charge in [0.15, 0.2) is 46.4 Å². The number of carbonyl (C=O) groups excluding carboxylic acids is 4. The smallest absolute Gasteiger partial charge is 0.197 e. The second-order valence-corrected chi connectivity index (χ2v) is 14.5. The van der Waals surface area contributed by atoms with Gasteiger partial charge in [-0.25, -0.2) is 17.6 Å². The molecule has 0 fully saturated rings. The molecule has 230 valence electrons. The number of benzene rings is 2. The van der Waals surface area contributed by atoms with E-state index in [-0.39, 0.29) is 33.4 Å². The van der Waals surface area contributed by atoms with Crippen molar-refractivity contribution >= 4 is 110 Å². The van der Waals surface area contributed by atoms with Gasteiger partial charge in [-0.05, 0) is 48.6 Å². The van der Waals surface area contributed by atoms with E-state index in [0.717, 1.165) is 65.1 Å². The SMILES string of the molecule is Cn1c2cc(C=C3C(=O)c4cc(F)c(F)cc4C3=O)sc2c2sc3c4sc(C=C5C(=O)c6cc(F)c(F)cc6C5=O)cc4n(C)c3c21. The minimum absolute atomic E-state index is 0.149. The molecule has 6 nitrogen and oxygen atoms in total. The number of allylic oxidation sites excluding steroid dienone is 2. The van der Waals surface area contributed by atoms with Crippen LogP contribution in [0.2, 0.25) is 0 Å². The molecule has 2 aliphatic carbocycles. The minimum Gasteiger partial charge on any atom is -0.340 e. The molecule has 13 heteroatoms. The van der Waals surface area contributed by atoms with Crippen molar-refractivity contribution in [1.82, 2.24) is 9.13 Å². The largest absolute Gasteiger partial charge is 0.340 e. The Hall–Kier alpha value is -4.98. The lowest BCUT2D eigenvalue weighted by atomic mass is 10.1. The molecule has 0 unspecified atom stereocenters. The molecule has 9 rings (SSSR count). The van der Waals surface area contributed by atoms with E-state index in [2.05, 4.69) is 0 Å². The highest BCUT2D eigenvalue weighted by Gasteiger charge is 2.36. The fourth-order valence-electron chi connectivity index (χ4n) is 6.53. The maximum atomic E-state index is 13.8. The van der Waals surface area contributed by atoms with Gasteiger partial charge in [0, 0.05) is 46.1 Å². The maximum Gasteiger partial charge on any atom is 0.197 e. The third kappa shape index (κ3) is 3.64. The van der Waals surface area contributed by atoms with Gasteiger partial charge in [-0.3, -0.25) is 19.2 Å². The summed E-state index contributed by atoms with van der Waals surface area (Å²) in [7, 11) is 3.84. The highest BCUT2D eigenvalue weighted by molar-refractivity contribution is 7.34. The van der Waals surface area contributed by atoms with Gasteiger partial charge in [0.25, 0.3) is 0 Å². The van der Waals surface area contributed by atoms with Gasteiger partial charge in [-0.15, -0.1) is 34.0 Å². The molecule has 5 heterocycles. The van der Waals surface area contributed by atoms with Crippen molar-refractivity contribution in [2.24, 2.45) is 14.1 Å². The second-order valence-electron chi connectivity index (χ2n) is 11.4. The normalized spacial score (nSPS) is 14.7. The summed E-state index contributed by atoms with van der Waals surface area (Å²) in [6.45, 7) is 0. The van der Waals surface area contributed by atoms with Crippen molar-refractivity contribution in [3.63, 3.8) is 0 Å². The van der Waals surface area contributed by atoms with Crippen molar-refractivity contribution in [2.75, 3.05) is 0 Å². The molecular weight excluding hydrogens is 673 g/mol. The first kappa shape index (κ1) is 28.3. The second kappa shape index (κ2) is 9.31. The molecule has 0 N–H and O–H groups in total. The summed E-state index contributed by atoms with van der Waals surface area (Å²) in [6, 6.07) is 6.78. The van der Waals surface area contributed by atoms with Gasteiger partial charge in [0.05, 0.1) is 52.0 Å². The minimum atomic E-state index is -1.19. The molecule has 0 amide bonds. The van der Waals surface area contributed by atoms with E-state index in [1.807, 2.05) is 35.4 Å². The molecular formula is C34H14F4N2O4S3. The lowest BCUT2D eigenvalue weighted by Crippen LogP contribution is -1.99. The molecule has 5 aromatic heterocycles. The zero-order valence-corrected chi connectivity index (χ0v) is 26.3. The summed E-state index contributed by atoms with van der Waals surface area (Å²) in [4.78, 5) is 53.0. The first-order valence-electron chi connectivity index (χ1n) is 14.0. The van der Waals surface area contributed by atoms with Crippen LogP contribution in [0, 0.1) is 23.3 Å². The Morgan fingerprint density at radius 2 is 0.809 bits per heavy atom. The number of hydrogen-bond acceptors (Lipinski definition) is 7. The maximum absolute atomic E-state index is 13.8. The molecule has 2 aliphatic rings. The first-order chi connectivity index (χ1) is 22.4.